The molecule has 3 heterocycles. The quantitative estimate of drug-likeness (QED) is 0.915. The predicted octanol–water partition coefficient (Wildman–Crippen LogP) is 1.89. The third-order valence-electron chi connectivity index (χ3n) is 3.79. The largest absolute Gasteiger partial charge is 0.381 e. The number of nitrogens with zero attached hydrogens (tertiary/aromatic N) is 3. The van der Waals surface area contributed by atoms with Crippen molar-refractivity contribution in [2.75, 3.05) is 18.5 Å². The van der Waals surface area contributed by atoms with Crippen LogP contribution in [0.25, 0.3) is 0 Å². The monoisotopic (exact) mass is 300 g/mol. The van der Waals surface area contributed by atoms with E-state index in [1.807, 2.05) is 23.0 Å². The summed E-state index contributed by atoms with van der Waals surface area (Å²) >= 11 is 0. The third-order valence-corrected chi connectivity index (χ3v) is 3.79. The highest BCUT2D eigenvalue weighted by Gasteiger charge is 2.15. The van der Waals surface area contributed by atoms with Gasteiger partial charge in [-0.3, -0.25) is 14.5 Å². The molecule has 2 aromatic heterocycles. The first-order chi connectivity index (χ1) is 10.8. The van der Waals surface area contributed by atoms with Crippen molar-refractivity contribution in [2.45, 2.75) is 25.8 Å². The zero-order valence-corrected chi connectivity index (χ0v) is 12.4. The number of amides is 1. The van der Waals surface area contributed by atoms with E-state index in [0.717, 1.165) is 43.9 Å². The van der Waals surface area contributed by atoms with Crippen LogP contribution in [0.3, 0.4) is 0 Å². The van der Waals surface area contributed by atoms with Gasteiger partial charge in [0.15, 0.2) is 0 Å². The Kier molecular flexibility index (Phi) is 4.80. The fourth-order valence-corrected chi connectivity index (χ4v) is 2.61. The summed E-state index contributed by atoms with van der Waals surface area (Å²) in [5.74, 6) is 0.547. The summed E-state index contributed by atoms with van der Waals surface area (Å²) in [6.07, 6.45) is 9.44. The van der Waals surface area contributed by atoms with Crippen LogP contribution in [0, 0.1) is 5.92 Å². The number of carbonyl (C=O) groups is 1. The van der Waals surface area contributed by atoms with E-state index in [0.29, 0.717) is 12.3 Å². The summed E-state index contributed by atoms with van der Waals surface area (Å²) in [7, 11) is 0. The molecule has 1 saturated heterocycles. The maximum absolute atomic E-state index is 12.0. The van der Waals surface area contributed by atoms with E-state index in [1.54, 1.807) is 18.6 Å². The second-order valence-electron chi connectivity index (χ2n) is 5.59. The van der Waals surface area contributed by atoms with Crippen molar-refractivity contribution < 1.29 is 9.53 Å². The second kappa shape index (κ2) is 7.17. The van der Waals surface area contributed by atoms with E-state index >= 15 is 0 Å². The van der Waals surface area contributed by atoms with Crippen LogP contribution in [-0.2, 0) is 22.5 Å². The molecular formula is C16H20N4O2. The van der Waals surface area contributed by atoms with Crippen molar-refractivity contribution in [3.05, 3.63) is 42.5 Å². The molecule has 116 valence electrons. The smallest absolute Gasteiger partial charge is 0.228 e. The molecule has 0 atom stereocenters. The van der Waals surface area contributed by atoms with Crippen molar-refractivity contribution in [3.63, 3.8) is 0 Å². The Balaban J connectivity index is 1.51. The summed E-state index contributed by atoms with van der Waals surface area (Å²) in [6, 6.07) is 3.72. The lowest BCUT2D eigenvalue weighted by Crippen LogP contribution is -2.20. The van der Waals surface area contributed by atoms with Gasteiger partial charge in [-0.15, -0.1) is 0 Å². The number of hydrogen-bond donors (Lipinski definition) is 1. The summed E-state index contributed by atoms with van der Waals surface area (Å²) < 4.78 is 7.26. The standard InChI is InChI=1S/C16H20N4O2/c21-16(8-14-2-1-5-17-9-14)19-15-10-18-20(12-15)11-13-3-6-22-7-4-13/h1-2,5,9-10,12-13H,3-4,6-8,11H2,(H,19,21). The molecule has 0 radical (unpaired) electrons. The van der Waals surface area contributed by atoms with Crippen LogP contribution in [-0.4, -0.2) is 33.9 Å². The Bertz CT molecular complexity index is 606. The molecule has 1 N–H and O–H groups in total. The van der Waals surface area contributed by atoms with E-state index < -0.39 is 0 Å². The fraction of sp³-hybridized carbons (Fsp3) is 0.438. The Morgan fingerprint density at radius 2 is 2.23 bits per heavy atom. The maximum atomic E-state index is 12.0. The van der Waals surface area contributed by atoms with Gasteiger partial charge in [0.05, 0.1) is 18.3 Å². The van der Waals surface area contributed by atoms with Crippen molar-refractivity contribution >= 4 is 11.6 Å². The molecule has 3 rings (SSSR count). The van der Waals surface area contributed by atoms with Gasteiger partial charge in [-0.25, -0.2) is 0 Å². The van der Waals surface area contributed by atoms with Gasteiger partial charge < -0.3 is 10.1 Å². The van der Waals surface area contributed by atoms with Crippen LogP contribution in [0.1, 0.15) is 18.4 Å². The SMILES string of the molecule is O=C(Cc1cccnc1)Nc1cnn(CC2CCOCC2)c1. The maximum Gasteiger partial charge on any atom is 0.228 e. The summed E-state index contributed by atoms with van der Waals surface area (Å²) in [4.78, 5) is 16.0. The molecular weight excluding hydrogens is 280 g/mol. The Morgan fingerprint density at radius 1 is 1.36 bits per heavy atom. The number of nitrogens with one attached hydrogen (secondary N) is 1. The first-order valence-electron chi connectivity index (χ1n) is 7.58. The molecule has 1 aliphatic heterocycles. The molecule has 0 unspecified atom stereocenters. The van der Waals surface area contributed by atoms with Gasteiger partial charge in [-0.2, -0.15) is 5.10 Å². The number of rotatable bonds is 5. The van der Waals surface area contributed by atoms with Crippen molar-refractivity contribution in [2.24, 2.45) is 5.92 Å². The molecule has 6 nitrogen and oxygen atoms in total. The lowest BCUT2D eigenvalue weighted by Gasteiger charge is -2.21. The minimum atomic E-state index is -0.0568. The normalized spacial score (nSPS) is 15.6. The van der Waals surface area contributed by atoms with Gasteiger partial charge in [0.2, 0.25) is 5.91 Å². The van der Waals surface area contributed by atoms with Gasteiger partial charge in [0.1, 0.15) is 0 Å². The molecule has 1 amide bonds. The molecule has 1 aliphatic rings. The lowest BCUT2D eigenvalue weighted by atomic mass is 10.0. The van der Waals surface area contributed by atoms with Gasteiger partial charge in [0.25, 0.3) is 0 Å². The van der Waals surface area contributed by atoms with Crippen LogP contribution in [0.15, 0.2) is 36.9 Å². The number of hydrogen-bond acceptors (Lipinski definition) is 4. The number of aromatic nitrogens is 3. The first kappa shape index (κ1) is 14.7. The van der Waals surface area contributed by atoms with E-state index in [2.05, 4.69) is 15.4 Å². The van der Waals surface area contributed by atoms with E-state index in [9.17, 15) is 4.79 Å². The molecule has 0 aliphatic carbocycles. The van der Waals surface area contributed by atoms with Crippen LogP contribution in [0.5, 0.6) is 0 Å². The van der Waals surface area contributed by atoms with Gasteiger partial charge >= 0.3 is 0 Å². The molecule has 22 heavy (non-hydrogen) atoms. The van der Waals surface area contributed by atoms with Crippen LogP contribution >= 0.6 is 0 Å². The highest BCUT2D eigenvalue weighted by Crippen LogP contribution is 2.17. The minimum Gasteiger partial charge on any atom is -0.381 e. The number of ether oxygens (including phenoxy) is 1. The van der Waals surface area contributed by atoms with Gasteiger partial charge in [-0.05, 0) is 30.4 Å². The lowest BCUT2D eigenvalue weighted by molar-refractivity contribution is -0.115. The molecule has 0 bridgehead atoms. The first-order valence-corrected chi connectivity index (χ1v) is 7.58. The Labute approximate surface area is 129 Å². The van der Waals surface area contributed by atoms with Crippen LogP contribution < -0.4 is 5.32 Å². The minimum absolute atomic E-state index is 0.0568. The summed E-state index contributed by atoms with van der Waals surface area (Å²) in [6.45, 7) is 2.54. The molecule has 0 saturated carbocycles. The summed E-state index contributed by atoms with van der Waals surface area (Å²) in [5, 5.41) is 7.19. The summed E-state index contributed by atoms with van der Waals surface area (Å²) in [5.41, 5.74) is 1.63. The van der Waals surface area contributed by atoms with Crippen LogP contribution in [0.4, 0.5) is 5.69 Å². The van der Waals surface area contributed by atoms with Gasteiger partial charge in [-0.1, -0.05) is 6.07 Å². The molecule has 2 aromatic rings. The van der Waals surface area contributed by atoms with Crippen molar-refractivity contribution in [3.8, 4) is 0 Å². The molecule has 6 heteroatoms. The molecule has 1 fully saturated rings. The highest BCUT2D eigenvalue weighted by molar-refractivity contribution is 5.91. The Hall–Kier alpha value is -2.21. The van der Waals surface area contributed by atoms with E-state index in [4.69, 9.17) is 4.74 Å². The molecule has 0 spiro atoms. The Morgan fingerprint density at radius 3 is 3.00 bits per heavy atom. The van der Waals surface area contributed by atoms with Crippen molar-refractivity contribution in [1.82, 2.24) is 14.8 Å². The predicted molar refractivity (Wildman–Crippen MR) is 82.3 cm³/mol. The fourth-order valence-electron chi connectivity index (χ4n) is 2.61. The van der Waals surface area contributed by atoms with E-state index in [1.165, 1.54) is 0 Å². The van der Waals surface area contributed by atoms with E-state index in [-0.39, 0.29) is 5.91 Å². The zero-order chi connectivity index (χ0) is 15.2. The average Bonchev–Trinajstić information content (AvgIpc) is 2.96. The van der Waals surface area contributed by atoms with Crippen molar-refractivity contribution in [1.29, 1.82) is 0 Å². The molecule has 0 aromatic carbocycles. The average molecular weight is 300 g/mol. The zero-order valence-electron chi connectivity index (χ0n) is 12.4. The third kappa shape index (κ3) is 4.14. The van der Waals surface area contributed by atoms with Gasteiger partial charge in [0, 0.05) is 38.3 Å². The number of anilines is 1. The number of carbonyl (C=O) groups excluding carboxylic acids is 1. The second-order valence-corrected chi connectivity index (χ2v) is 5.59. The van der Waals surface area contributed by atoms with Crippen LogP contribution in [0.2, 0.25) is 0 Å². The number of pyridine rings is 1. The topological polar surface area (TPSA) is 69.0 Å². The highest BCUT2D eigenvalue weighted by atomic mass is 16.5.